The van der Waals surface area contributed by atoms with Gasteiger partial charge < -0.3 is 14.8 Å². The molecule has 2 aromatic rings. The number of carbonyl (C=O) groups is 2. The van der Waals surface area contributed by atoms with Gasteiger partial charge in [-0.1, -0.05) is 17.7 Å². The summed E-state index contributed by atoms with van der Waals surface area (Å²) >= 11 is 5.82. The molecule has 0 spiro atoms. The van der Waals surface area contributed by atoms with Crippen molar-refractivity contribution in [2.24, 2.45) is 0 Å². The van der Waals surface area contributed by atoms with Crippen molar-refractivity contribution in [3.8, 4) is 5.75 Å². The second-order valence-corrected chi connectivity index (χ2v) is 5.66. The van der Waals surface area contributed by atoms with Crippen molar-refractivity contribution in [3.05, 3.63) is 58.6 Å². The minimum absolute atomic E-state index is 0.324. The van der Waals surface area contributed by atoms with E-state index < -0.39 is 12.1 Å². The first-order chi connectivity index (χ1) is 11.4. The molecule has 1 atom stereocenters. The first-order valence-electron chi connectivity index (χ1n) is 7.32. The van der Waals surface area contributed by atoms with E-state index in [-0.39, 0.29) is 5.91 Å². The van der Waals surface area contributed by atoms with Gasteiger partial charge >= 0.3 is 5.97 Å². The zero-order valence-electron chi connectivity index (χ0n) is 13.6. The second-order valence-electron chi connectivity index (χ2n) is 5.22. The number of hydrogen-bond donors (Lipinski definition) is 1. The lowest BCUT2D eigenvalue weighted by Crippen LogP contribution is -2.30. The molecule has 0 saturated carbocycles. The smallest absolute Gasteiger partial charge is 0.337 e. The standard InChI is InChI=1S/C18H18ClNO4/c1-11-4-5-13(18(22)23-3)10-16(11)20-17(21)12(2)24-15-8-6-14(19)7-9-15/h4-10,12H,1-3H3,(H,20,21). The number of carbonyl (C=O) groups excluding carboxylic acids is 2. The molecule has 0 heterocycles. The summed E-state index contributed by atoms with van der Waals surface area (Å²) in [5, 5.41) is 3.36. The van der Waals surface area contributed by atoms with E-state index in [0.717, 1.165) is 5.56 Å². The van der Waals surface area contributed by atoms with Crippen LogP contribution in [0.1, 0.15) is 22.8 Å². The summed E-state index contributed by atoms with van der Waals surface area (Å²) in [5.41, 5.74) is 1.73. The Morgan fingerprint density at radius 3 is 2.42 bits per heavy atom. The average Bonchev–Trinajstić information content (AvgIpc) is 2.58. The van der Waals surface area contributed by atoms with Crippen LogP contribution in [0.15, 0.2) is 42.5 Å². The number of halogens is 1. The lowest BCUT2D eigenvalue weighted by Gasteiger charge is -2.16. The number of benzene rings is 2. The minimum atomic E-state index is -0.715. The van der Waals surface area contributed by atoms with Crippen LogP contribution in [0.5, 0.6) is 5.75 Å². The molecule has 1 amide bonds. The van der Waals surface area contributed by atoms with E-state index in [4.69, 9.17) is 16.3 Å². The van der Waals surface area contributed by atoms with E-state index in [1.165, 1.54) is 7.11 Å². The van der Waals surface area contributed by atoms with Crippen molar-refractivity contribution >= 4 is 29.2 Å². The van der Waals surface area contributed by atoms with Crippen LogP contribution in [-0.2, 0) is 9.53 Å². The number of amides is 1. The van der Waals surface area contributed by atoms with Gasteiger partial charge in [0.05, 0.1) is 12.7 Å². The second kappa shape index (κ2) is 7.84. The average molecular weight is 348 g/mol. The third-order valence-corrected chi connectivity index (χ3v) is 3.66. The van der Waals surface area contributed by atoms with Crippen molar-refractivity contribution in [2.75, 3.05) is 12.4 Å². The Kier molecular flexibility index (Phi) is 5.82. The molecule has 6 heteroatoms. The topological polar surface area (TPSA) is 64.6 Å². The largest absolute Gasteiger partial charge is 0.481 e. The van der Waals surface area contributed by atoms with Gasteiger partial charge in [0.2, 0.25) is 0 Å². The van der Waals surface area contributed by atoms with Gasteiger partial charge in [-0.3, -0.25) is 4.79 Å². The third-order valence-electron chi connectivity index (χ3n) is 3.41. The molecular weight excluding hydrogens is 330 g/mol. The molecule has 1 N–H and O–H groups in total. The Hall–Kier alpha value is -2.53. The van der Waals surface area contributed by atoms with Crippen LogP contribution in [0.2, 0.25) is 5.02 Å². The molecule has 0 aliphatic heterocycles. The Morgan fingerprint density at radius 2 is 1.79 bits per heavy atom. The van der Waals surface area contributed by atoms with E-state index in [2.05, 4.69) is 10.1 Å². The monoisotopic (exact) mass is 347 g/mol. The Balaban J connectivity index is 2.08. The normalized spacial score (nSPS) is 11.5. The highest BCUT2D eigenvalue weighted by molar-refractivity contribution is 6.30. The highest BCUT2D eigenvalue weighted by atomic mass is 35.5. The number of esters is 1. The molecule has 5 nitrogen and oxygen atoms in total. The quantitative estimate of drug-likeness (QED) is 0.834. The molecule has 0 saturated heterocycles. The predicted molar refractivity (Wildman–Crippen MR) is 92.7 cm³/mol. The van der Waals surface area contributed by atoms with Crippen LogP contribution in [-0.4, -0.2) is 25.1 Å². The van der Waals surface area contributed by atoms with Crippen molar-refractivity contribution in [1.29, 1.82) is 0 Å². The fourth-order valence-electron chi connectivity index (χ4n) is 2.01. The van der Waals surface area contributed by atoms with Gasteiger partial charge in [0.15, 0.2) is 6.10 Å². The fourth-order valence-corrected chi connectivity index (χ4v) is 2.13. The first kappa shape index (κ1) is 17.8. The van der Waals surface area contributed by atoms with Crippen LogP contribution >= 0.6 is 11.6 Å². The number of rotatable bonds is 5. The molecule has 0 aliphatic carbocycles. The van der Waals surface area contributed by atoms with Crippen LogP contribution in [0.25, 0.3) is 0 Å². The Bertz CT molecular complexity index is 743. The summed E-state index contributed by atoms with van der Waals surface area (Å²) in [7, 11) is 1.31. The van der Waals surface area contributed by atoms with Crippen LogP contribution in [0.4, 0.5) is 5.69 Å². The van der Waals surface area contributed by atoms with E-state index in [9.17, 15) is 9.59 Å². The number of nitrogens with one attached hydrogen (secondary N) is 1. The van der Waals surface area contributed by atoms with Gasteiger partial charge in [-0.05, 0) is 55.8 Å². The van der Waals surface area contributed by atoms with E-state index in [1.807, 2.05) is 6.92 Å². The molecule has 0 radical (unpaired) electrons. The van der Waals surface area contributed by atoms with Gasteiger partial charge in [-0.2, -0.15) is 0 Å². The molecule has 0 fully saturated rings. The molecular formula is C18H18ClNO4. The molecule has 0 bridgehead atoms. The number of ether oxygens (including phenoxy) is 2. The van der Waals surface area contributed by atoms with Crippen molar-refractivity contribution in [3.63, 3.8) is 0 Å². The van der Waals surface area contributed by atoms with Crippen molar-refractivity contribution in [2.45, 2.75) is 20.0 Å². The summed E-state index contributed by atoms with van der Waals surface area (Å²) in [6, 6.07) is 11.7. The number of anilines is 1. The maximum atomic E-state index is 12.3. The third kappa shape index (κ3) is 4.49. The lowest BCUT2D eigenvalue weighted by atomic mass is 10.1. The Morgan fingerprint density at radius 1 is 1.12 bits per heavy atom. The fraction of sp³-hybridized carbons (Fsp3) is 0.222. The van der Waals surface area contributed by atoms with E-state index >= 15 is 0 Å². The summed E-state index contributed by atoms with van der Waals surface area (Å²) in [6.07, 6.45) is -0.715. The first-order valence-corrected chi connectivity index (χ1v) is 7.70. The summed E-state index contributed by atoms with van der Waals surface area (Å²) < 4.78 is 10.3. The Labute approximate surface area is 145 Å². The van der Waals surface area contributed by atoms with E-state index in [1.54, 1.807) is 49.4 Å². The van der Waals surface area contributed by atoms with Gasteiger partial charge in [-0.15, -0.1) is 0 Å². The van der Waals surface area contributed by atoms with Gasteiger partial charge in [0, 0.05) is 10.7 Å². The SMILES string of the molecule is COC(=O)c1ccc(C)c(NC(=O)C(C)Oc2ccc(Cl)cc2)c1. The maximum Gasteiger partial charge on any atom is 0.337 e. The van der Waals surface area contributed by atoms with Gasteiger partial charge in [-0.25, -0.2) is 4.79 Å². The van der Waals surface area contributed by atoms with Crippen molar-refractivity contribution < 1.29 is 19.1 Å². The summed E-state index contributed by atoms with van der Waals surface area (Å²) in [6.45, 7) is 3.48. The predicted octanol–water partition coefficient (Wildman–Crippen LogP) is 3.84. The molecule has 126 valence electrons. The van der Waals surface area contributed by atoms with Crippen LogP contribution in [0.3, 0.4) is 0 Å². The molecule has 1 unspecified atom stereocenters. The molecule has 0 aromatic heterocycles. The van der Waals surface area contributed by atoms with Gasteiger partial charge in [0.1, 0.15) is 5.75 Å². The molecule has 2 aromatic carbocycles. The number of aryl methyl sites for hydroxylation is 1. The minimum Gasteiger partial charge on any atom is -0.481 e. The zero-order chi connectivity index (χ0) is 17.7. The highest BCUT2D eigenvalue weighted by Crippen LogP contribution is 2.20. The van der Waals surface area contributed by atoms with Crippen molar-refractivity contribution in [1.82, 2.24) is 0 Å². The molecule has 24 heavy (non-hydrogen) atoms. The zero-order valence-corrected chi connectivity index (χ0v) is 14.4. The molecule has 2 rings (SSSR count). The maximum absolute atomic E-state index is 12.3. The summed E-state index contributed by atoms with van der Waals surface area (Å²) in [4.78, 5) is 23.9. The van der Waals surface area contributed by atoms with Gasteiger partial charge in [0.25, 0.3) is 5.91 Å². The number of hydrogen-bond acceptors (Lipinski definition) is 4. The highest BCUT2D eigenvalue weighted by Gasteiger charge is 2.17. The molecule has 0 aliphatic rings. The number of methoxy groups -OCH3 is 1. The van der Waals surface area contributed by atoms with Crippen LogP contribution < -0.4 is 10.1 Å². The lowest BCUT2D eigenvalue weighted by molar-refractivity contribution is -0.122. The van der Waals surface area contributed by atoms with Crippen LogP contribution in [0, 0.1) is 6.92 Å². The summed E-state index contributed by atoms with van der Waals surface area (Å²) in [5.74, 6) is -0.242. The van der Waals surface area contributed by atoms with E-state index in [0.29, 0.717) is 22.0 Å².